The van der Waals surface area contributed by atoms with E-state index in [1.807, 2.05) is 0 Å². The number of para-hydroxylation sites is 1. The zero-order valence-corrected chi connectivity index (χ0v) is 8.13. The van der Waals surface area contributed by atoms with Crippen LogP contribution in [0.15, 0.2) is 61.1 Å². The lowest BCUT2D eigenvalue weighted by molar-refractivity contribution is 0.628. The highest BCUT2D eigenvalue weighted by atomic mass is 19.1. The molecule has 0 fully saturated rings. The van der Waals surface area contributed by atoms with Gasteiger partial charge in [-0.25, -0.2) is 8.78 Å². The fourth-order valence-corrected chi connectivity index (χ4v) is 1.03. The maximum absolute atomic E-state index is 13.2. The molecule has 1 rings (SSSR count). The minimum Gasteiger partial charge on any atom is -0.351 e. The number of rotatable bonds is 4. The van der Waals surface area contributed by atoms with E-state index in [1.165, 1.54) is 24.3 Å². The molecule has 1 aromatic rings. The van der Waals surface area contributed by atoms with Crippen molar-refractivity contribution in [3.63, 3.8) is 0 Å². The molecule has 1 N–H and O–H groups in total. The number of hydrogen-bond acceptors (Lipinski definition) is 1. The fourth-order valence-electron chi connectivity index (χ4n) is 1.03. The molecule has 0 atom stereocenters. The Bertz CT molecular complexity index is 408. The van der Waals surface area contributed by atoms with Gasteiger partial charge in [0.1, 0.15) is 11.6 Å². The normalized spacial score (nSPS) is 10.9. The van der Waals surface area contributed by atoms with Crippen LogP contribution in [0.25, 0.3) is 0 Å². The lowest BCUT2D eigenvalue weighted by Crippen LogP contribution is -2.01. The topological polar surface area (TPSA) is 12.0 Å². The summed E-state index contributed by atoms with van der Waals surface area (Å²) in [7, 11) is 0. The Hall–Kier alpha value is -1.90. The molecular weight excluding hydrogens is 196 g/mol. The van der Waals surface area contributed by atoms with Gasteiger partial charge < -0.3 is 5.32 Å². The summed E-state index contributed by atoms with van der Waals surface area (Å²) >= 11 is 0. The molecule has 1 aromatic carbocycles. The maximum Gasteiger partial charge on any atom is 0.146 e. The molecule has 0 aliphatic carbocycles. The van der Waals surface area contributed by atoms with Gasteiger partial charge in [0.05, 0.1) is 11.4 Å². The predicted octanol–water partition coefficient (Wildman–Crippen LogP) is 3.79. The van der Waals surface area contributed by atoms with Crippen LogP contribution in [0, 0.1) is 5.82 Å². The number of anilines is 1. The van der Waals surface area contributed by atoms with Gasteiger partial charge in [-0.05, 0) is 18.2 Å². The van der Waals surface area contributed by atoms with Gasteiger partial charge in [0.15, 0.2) is 0 Å². The molecule has 0 radical (unpaired) electrons. The van der Waals surface area contributed by atoms with Crippen LogP contribution in [-0.4, -0.2) is 0 Å². The summed E-state index contributed by atoms with van der Waals surface area (Å²) < 4.78 is 26.1. The summed E-state index contributed by atoms with van der Waals surface area (Å²) in [4.78, 5) is 0. The maximum atomic E-state index is 13.2. The fraction of sp³-hybridized carbons (Fsp3) is 0. The summed E-state index contributed by atoms with van der Waals surface area (Å²) in [5.41, 5.74) is 0.291. The smallest absolute Gasteiger partial charge is 0.146 e. The van der Waals surface area contributed by atoms with Crippen LogP contribution in [0.2, 0.25) is 0 Å². The minimum atomic E-state index is -0.668. The van der Waals surface area contributed by atoms with Crippen LogP contribution in [0.5, 0.6) is 0 Å². The minimum absolute atomic E-state index is 0.0927. The van der Waals surface area contributed by atoms with E-state index in [4.69, 9.17) is 0 Å². The Balaban J connectivity index is 2.93. The van der Waals surface area contributed by atoms with E-state index >= 15 is 0 Å². The second-order valence-corrected chi connectivity index (χ2v) is 2.83. The van der Waals surface area contributed by atoms with E-state index in [0.717, 1.165) is 0 Å². The molecule has 0 aliphatic heterocycles. The molecule has 0 unspecified atom stereocenters. The average Bonchev–Trinajstić information content (AvgIpc) is 2.20. The highest BCUT2D eigenvalue weighted by molar-refractivity contribution is 5.53. The quantitative estimate of drug-likeness (QED) is 0.740. The Morgan fingerprint density at radius 1 is 1.33 bits per heavy atom. The van der Waals surface area contributed by atoms with Gasteiger partial charge in [-0.2, -0.15) is 0 Å². The Labute approximate surface area is 87.4 Å². The lowest BCUT2D eigenvalue weighted by atomic mass is 10.2. The first kappa shape index (κ1) is 11.2. The molecule has 78 valence electrons. The SMILES string of the molecule is C=C/C=C(/Nc1ccccc1F)C(=C)F. The second-order valence-electron chi connectivity index (χ2n) is 2.83. The van der Waals surface area contributed by atoms with E-state index in [2.05, 4.69) is 18.5 Å². The van der Waals surface area contributed by atoms with Crippen LogP contribution < -0.4 is 5.32 Å². The molecule has 0 aromatic heterocycles. The Kier molecular flexibility index (Phi) is 3.80. The zero-order valence-electron chi connectivity index (χ0n) is 8.13. The van der Waals surface area contributed by atoms with Crippen molar-refractivity contribution >= 4 is 5.69 Å². The lowest BCUT2D eigenvalue weighted by Gasteiger charge is -2.08. The van der Waals surface area contributed by atoms with E-state index in [1.54, 1.807) is 12.1 Å². The molecule has 0 amide bonds. The third kappa shape index (κ3) is 3.06. The van der Waals surface area contributed by atoms with Crippen molar-refractivity contribution in [2.24, 2.45) is 0 Å². The van der Waals surface area contributed by atoms with E-state index < -0.39 is 11.6 Å². The molecule has 0 aliphatic rings. The third-order valence-corrected chi connectivity index (χ3v) is 1.72. The van der Waals surface area contributed by atoms with Crippen LogP contribution in [-0.2, 0) is 0 Å². The van der Waals surface area contributed by atoms with Crippen molar-refractivity contribution in [3.8, 4) is 0 Å². The molecule has 1 nitrogen and oxygen atoms in total. The van der Waals surface area contributed by atoms with Gasteiger partial charge in [0.2, 0.25) is 0 Å². The first-order valence-corrected chi connectivity index (χ1v) is 4.34. The highest BCUT2D eigenvalue weighted by Crippen LogP contribution is 2.18. The van der Waals surface area contributed by atoms with Gasteiger partial charge in [0, 0.05) is 0 Å². The van der Waals surface area contributed by atoms with E-state index in [0.29, 0.717) is 0 Å². The molecule has 0 spiro atoms. The number of hydrogen-bond donors (Lipinski definition) is 1. The second kappa shape index (κ2) is 5.10. The molecule has 3 heteroatoms. The highest BCUT2D eigenvalue weighted by Gasteiger charge is 2.04. The Morgan fingerprint density at radius 2 is 2.00 bits per heavy atom. The number of benzene rings is 1. The number of nitrogens with one attached hydrogen (secondary N) is 1. The zero-order chi connectivity index (χ0) is 11.3. The number of halogens is 2. The molecule has 0 saturated carbocycles. The summed E-state index contributed by atoms with van der Waals surface area (Å²) in [6.07, 6.45) is 2.78. The van der Waals surface area contributed by atoms with Crippen LogP contribution in [0.3, 0.4) is 0 Å². The first-order valence-electron chi connectivity index (χ1n) is 4.34. The summed E-state index contributed by atoms with van der Waals surface area (Å²) in [5, 5.41) is 2.59. The standard InChI is InChI=1S/C12H11F2N/c1-3-6-11(9(2)13)15-12-8-5-4-7-10(12)14/h3-8,15H,1-2H2/b11-6+. The summed E-state index contributed by atoms with van der Waals surface area (Å²) in [6.45, 7) is 6.56. The van der Waals surface area contributed by atoms with Gasteiger partial charge in [-0.15, -0.1) is 0 Å². The van der Waals surface area contributed by atoms with Crippen LogP contribution >= 0.6 is 0 Å². The van der Waals surface area contributed by atoms with Crippen molar-refractivity contribution < 1.29 is 8.78 Å². The summed E-state index contributed by atoms with van der Waals surface area (Å²) in [6, 6.07) is 6.00. The van der Waals surface area contributed by atoms with Crippen molar-refractivity contribution in [1.82, 2.24) is 0 Å². The van der Waals surface area contributed by atoms with Crippen molar-refractivity contribution in [1.29, 1.82) is 0 Å². The first-order chi connectivity index (χ1) is 7.15. The van der Waals surface area contributed by atoms with Gasteiger partial charge >= 0.3 is 0 Å². The molecule has 0 saturated heterocycles. The molecule has 15 heavy (non-hydrogen) atoms. The van der Waals surface area contributed by atoms with Gasteiger partial charge in [-0.3, -0.25) is 0 Å². The Morgan fingerprint density at radius 3 is 2.53 bits per heavy atom. The van der Waals surface area contributed by atoms with Crippen LogP contribution in [0.1, 0.15) is 0 Å². The third-order valence-electron chi connectivity index (χ3n) is 1.72. The molecule has 0 heterocycles. The average molecular weight is 207 g/mol. The van der Waals surface area contributed by atoms with E-state index in [9.17, 15) is 8.78 Å². The molecule has 0 bridgehead atoms. The van der Waals surface area contributed by atoms with Gasteiger partial charge in [-0.1, -0.05) is 31.4 Å². The molecular formula is C12H11F2N. The van der Waals surface area contributed by atoms with Crippen LogP contribution in [0.4, 0.5) is 14.5 Å². The predicted molar refractivity (Wildman–Crippen MR) is 58.6 cm³/mol. The largest absolute Gasteiger partial charge is 0.351 e. The number of allylic oxidation sites excluding steroid dienone is 3. The van der Waals surface area contributed by atoms with Crippen molar-refractivity contribution in [3.05, 3.63) is 66.9 Å². The monoisotopic (exact) mass is 207 g/mol. The summed E-state index contributed by atoms with van der Waals surface area (Å²) in [5.74, 6) is -1.12. The van der Waals surface area contributed by atoms with Crippen molar-refractivity contribution in [2.45, 2.75) is 0 Å². The van der Waals surface area contributed by atoms with E-state index in [-0.39, 0.29) is 11.4 Å². The van der Waals surface area contributed by atoms with Gasteiger partial charge in [0.25, 0.3) is 0 Å². The van der Waals surface area contributed by atoms with Crippen molar-refractivity contribution in [2.75, 3.05) is 5.32 Å².